The van der Waals surface area contributed by atoms with Crippen LogP contribution in [-0.4, -0.2) is 37.7 Å². The summed E-state index contributed by atoms with van der Waals surface area (Å²) >= 11 is 0. The number of piperidine rings is 1. The molecule has 0 aromatic rings. The SMILES string of the molecule is COC(CNC(=O)CC1CC2CCC(C1)N2)C(C)(C)C.Cl. The van der Waals surface area contributed by atoms with Gasteiger partial charge >= 0.3 is 0 Å². The maximum atomic E-state index is 12.1. The molecular formula is C16H31ClN2O2. The minimum atomic E-state index is 0. The van der Waals surface area contributed by atoms with Crippen molar-refractivity contribution in [3.05, 3.63) is 0 Å². The van der Waals surface area contributed by atoms with Gasteiger partial charge in [-0.05, 0) is 37.0 Å². The summed E-state index contributed by atoms with van der Waals surface area (Å²) < 4.78 is 5.47. The van der Waals surface area contributed by atoms with E-state index >= 15 is 0 Å². The van der Waals surface area contributed by atoms with Crippen molar-refractivity contribution in [2.45, 2.75) is 71.1 Å². The number of ether oxygens (including phenoxy) is 1. The standard InChI is InChI=1S/C16H30N2O2.ClH/c1-16(2,3)14(20-4)10-17-15(19)9-11-7-12-5-6-13(8-11)18-12;/h11-14,18H,5-10H2,1-4H3,(H,17,19);1H. The van der Waals surface area contributed by atoms with Crippen LogP contribution in [0.5, 0.6) is 0 Å². The number of methoxy groups -OCH3 is 1. The van der Waals surface area contributed by atoms with Crippen molar-refractivity contribution in [2.24, 2.45) is 11.3 Å². The lowest BCUT2D eigenvalue weighted by Gasteiger charge is -2.31. The molecule has 124 valence electrons. The number of hydrogen-bond acceptors (Lipinski definition) is 3. The van der Waals surface area contributed by atoms with Crippen molar-refractivity contribution in [3.8, 4) is 0 Å². The molecule has 0 radical (unpaired) electrons. The molecule has 2 bridgehead atoms. The molecular weight excluding hydrogens is 288 g/mol. The highest BCUT2D eigenvalue weighted by molar-refractivity contribution is 5.85. The molecule has 1 amide bonds. The van der Waals surface area contributed by atoms with E-state index in [0.29, 0.717) is 31.0 Å². The van der Waals surface area contributed by atoms with Gasteiger partial charge in [0.25, 0.3) is 0 Å². The average Bonchev–Trinajstić information content (AvgIpc) is 2.67. The van der Waals surface area contributed by atoms with Crippen LogP contribution >= 0.6 is 12.4 Å². The van der Waals surface area contributed by atoms with Gasteiger partial charge in [-0.15, -0.1) is 12.4 Å². The van der Waals surface area contributed by atoms with Crippen LogP contribution in [0.25, 0.3) is 0 Å². The Morgan fingerprint density at radius 1 is 1.29 bits per heavy atom. The Hall–Kier alpha value is -0.320. The molecule has 2 saturated heterocycles. The number of amides is 1. The second kappa shape index (κ2) is 7.80. The number of halogens is 1. The summed E-state index contributed by atoms with van der Waals surface area (Å²) in [7, 11) is 1.71. The zero-order chi connectivity index (χ0) is 14.8. The number of hydrogen-bond donors (Lipinski definition) is 2. The maximum absolute atomic E-state index is 12.1. The van der Waals surface area contributed by atoms with E-state index in [9.17, 15) is 4.79 Å². The molecule has 2 aliphatic rings. The first-order chi connectivity index (χ1) is 9.38. The molecule has 2 fully saturated rings. The van der Waals surface area contributed by atoms with Crippen LogP contribution in [0.2, 0.25) is 0 Å². The zero-order valence-corrected chi connectivity index (χ0v) is 14.6. The largest absolute Gasteiger partial charge is 0.379 e. The lowest BCUT2D eigenvalue weighted by Crippen LogP contribution is -2.42. The van der Waals surface area contributed by atoms with E-state index in [4.69, 9.17) is 4.74 Å². The topological polar surface area (TPSA) is 50.4 Å². The summed E-state index contributed by atoms with van der Waals surface area (Å²) in [6, 6.07) is 1.32. The Morgan fingerprint density at radius 3 is 2.33 bits per heavy atom. The quantitative estimate of drug-likeness (QED) is 0.819. The van der Waals surface area contributed by atoms with Gasteiger partial charge in [-0.25, -0.2) is 0 Å². The summed E-state index contributed by atoms with van der Waals surface area (Å²) in [6.45, 7) is 7.02. The third-order valence-corrected chi connectivity index (χ3v) is 4.78. The highest BCUT2D eigenvalue weighted by Crippen LogP contribution is 2.32. The first kappa shape index (κ1) is 18.7. The monoisotopic (exact) mass is 318 g/mol. The van der Waals surface area contributed by atoms with E-state index in [1.165, 1.54) is 12.8 Å². The van der Waals surface area contributed by atoms with Crippen LogP contribution in [0.4, 0.5) is 0 Å². The number of carbonyl (C=O) groups excluding carboxylic acids is 1. The van der Waals surface area contributed by atoms with Crippen molar-refractivity contribution < 1.29 is 9.53 Å². The predicted molar refractivity (Wildman–Crippen MR) is 87.8 cm³/mol. The van der Waals surface area contributed by atoms with E-state index in [1.54, 1.807) is 7.11 Å². The van der Waals surface area contributed by atoms with E-state index in [1.807, 2.05) is 0 Å². The number of carbonyl (C=O) groups is 1. The predicted octanol–water partition coefficient (Wildman–Crippen LogP) is 2.51. The van der Waals surface area contributed by atoms with E-state index in [0.717, 1.165) is 12.8 Å². The van der Waals surface area contributed by atoms with Crippen LogP contribution in [0, 0.1) is 11.3 Å². The fourth-order valence-corrected chi connectivity index (χ4v) is 3.63. The van der Waals surface area contributed by atoms with Gasteiger partial charge in [0.2, 0.25) is 5.91 Å². The fourth-order valence-electron chi connectivity index (χ4n) is 3.63. The summed E-state index contributed by atoms with van der Waals surface area (Å²) in [5.41, 5.74) is 0.0515. The van der Waals surface area contributed by atoms with Gasteiger partial charge in [-0.3, -0.25) is 4.79 Å². The second-order valence-electron chi connectivity index (χ2n) is 7.57. The zero-order valence-electron chi connectivity index (χ0n) is 13.8. The Kier molecular flexibility index (Phi) is 6.95. The number of nitrogens with one attached hydrogen (secondary N) is 2. The fraction of sp³-hybridized carbons (Fsp3) is 0.938. The molecule has 0 saturated carbocycles. The molecule has 4 nitrogen and oxygen atoms in total. The van der Waals surface area contributed by atoms with Crippen LogP contribution in [0.15, 0.2) is 0 Å². The highest BCUT2D eigenvalue weighted by Gasteiger charge is 2.34. The second-order valence-corrected chi connectivity index (χ2v) is 7.57. The Morgan fingerprint density at radius 2 is 1.86 bits per heavy atom. The van der Waals surface area contributed by atoms with Crippen LogP contribution in [0.1, 0.15) is 52.9 Å². The molecule has 3 unspecified atom stereocenters. The van der Waals surface area contributed by atoms with Crippen LogP contribution < -0.4 is 10.6 Å². The lowest BCUT2D eigenvalue weighted by atomic mass is 9.88. The summed E-state index contributed by atoms with van der Waals surface area (Å²) in [4.78, 5) is 12.1. The number of rotatable bonds is 5. The molecule has 0 aromatic heterocycles. The average molecular weight is 319 g/mol. The number of fused-ring (bicyclic) bond motifs is 2. The van der Waals surface area contributed by atoms with Gasteiger partial charge in [0.1, 0.15) is 0 Å². The van der Waals surface area contributed by atoms with Gasteiger partial charge < -0.3 is 15.4 Å². The molecule has 0 spiro atoms. The molecule has 2 aliphatic heterocycles. The summed E-state index contributed by atoms with van der Waals surface area (Å²) in [6.07, 6.45) is 5.65. The molecule has 3 atom stereocenters. The molecule has 2 N–H and O–H groups in total. The first-order valence-electron chi connectivity index (χ1n) is 7.94. The van der Waals surface area contributed by atoms with Crippen molar-refractivity contribution in [3.63, 3.8) is 0 Å². The van der Waals surface area contributed by atoms with Gasteiger partial charge in [-0.1, -0.05) is 20.8 Å². The van der Waals surface area contributed by atoms with Gasteiger partial charge in [-0.2, -0.15) is 0 Å². The van der Waals surface area contributed by atoms with E-state index in [2.05, 4.69) is 31.4 Å². The molecule has 21 heavy (non-hydrogen) atoms. The van der Waals surface area contributed by atoms with Crippen molar-refractivity contribution in [2.75, 3.05) is 13.7 Å². The van der Waals surface area contributed by atoms with Crippen molar-refractivity contribution in [1.29, 1.82) is 0 Å². The Balaban J connectivity index is 0.00000220. The molecule has 2 rings (SSSR count). The maximum Gasteiger partial charge on any atom is 0.220 e. The lowest BCUT2D eigenvalue weighted by molar-refractivity contribution is -0.123. The van der Waals surface area contributed by atoms with E-state index < -0.39 is 0 Å². The Labute approximate surface area is 135 Å². The van der Waals surface area contributed by atoms with Crippen LogP contribution in [0.3, 0.4) is 0 Å². The third-order valence-electron chi connectivity index (χ3n) is 4.78. The molecule has 0 aliphatic carbocycles. The van der Waals surface area contributed by atoms with E-state index in [-0.39, 0.29) is 29.8 Å². The molecule has 5 heteroatoms. The van der Waals surface area contributed by atoms with Gasteiger partial charge in [0.05, 0.1) is 6.10 Å². The van der Waals surface area contributed by atoms with Crippen molar-refractivity contribution in [1.82, 2.24) is 10.6 Å². The molecule has 2 heterocycles. The van der Waals surface area contributed by atoms with Crippen molar-refractivity contribution >= 4 is 18.3 Å². The third kappa shape index (κ3) is 5.42. The highest BCUT2D eigenvalue weighted by atomic mass is 35.5. The van der Waals surface area contributed by atoms with Crippen LogP contribution in [-0.2, 0) is 9.53 Å². The molecule has 0 aromatic carbocycles. The minimum absolute atomic E-state index is 0. The first-order valence-corrected chi connectivity index (χ1v) is 7.94. The summed E-state index contributed by atoms with van der Waals surface area (Å²) in [5, 5.41) is 6.67. The normalized spacial score (nSPS) is 29.6. The summed E-state index contributed by atoms with van der Waals surface area (Å²) in [5.74, 6) is 0.743. The van der Waals surface area contributed by atoms with Gasteiger partial charge in [0, 0.05) is 32.2 Å². The van der Waals surface area contributed by atoms with Gasteiger partial charge in [0.15, 0.2) is 0 Å². The Bertz CT molecular complexity index is 332. The smallest absolute Gasteiger partial charge is 0.220 e. The minimum Gasteiger partial charge on any atom is -0.379 e.